The fourth-order valence-electron chi connectivity index (χ4n) is 5.16. The van der Waals surface area contributed by atoms with E-state index in [1.54, 1.807) is 24.1 Å². The minimum atomic E-state index is -0.606. The Morgan fingerprint density at radius 2 is 1.83 bits per heavy atom. The molecular formula is C26H29N7O3. The van der Waals surface area contributed by atoms with Gasteiger partial charge in [0.2, 0.25) is 11.7 Å². The van der Waals surface area contributed by atoms with E-state index in [0.717, 1.165) is 53.8 Å². The highest BCUT2D eigenvalue weighted by Crippen LogP contribution is 2.42. The van der Waals surface area contributed by atoms with E-state index in [2.05, 4.69) is 25.9 Å². The van der Waals surface area contributed by atoms with E-state index in [1.807, 2.05) is 31.2 Å². The van der Waals surface area contributed by atoms with E-state index in [-0.39, 0.29) is 11.8 Å². The molecule has 3 heterocycles. The van der Waals surface area contributed by atoms with Crippen molar-refractivity contribution in [3.05, 3.63) is 64.8 Å². The third-order valence-corrected chi connectivity index (χ3v) is 7.05. The van der Waals surface area contributed by atoms with Crippen molar-refractivity contribution < 1.29 is 14.3 Å². The zero-order valence-electron chi connectivity index (χ0n) is 20.6. The highest BCUT2D eigenvalue weighted by molar-refractivity contribution is 6.00. The van der Waals surface area contributed by atoms with Gasteiger partial charge < -0.3 is 20.7 Å². The van der Waals surface area contributed by atoms with E-state index < -0.39 is 5.54 Å². The Hall–Kier alpha value is -4.21. The van der Waals surface area contributed by atoms with Crippen molar-refractivity contribution >= 4 is 40.6 Å². The lowest BCUT2D eigenvalue weighted by Crippen LogP contribution is -2.49. The number of fused-ring (bicyclic) bond motifs is 2. The van der Waals surface area contributed by atoms with E-state index in [4.69, 9.17) is 0 Å². The molecule has 1 spiro atoms. The Balaban J connectivity index is 1.43. The molecule has 5 rings (SSSR count). The second-order valence-electron chi connectivity index (χ2n) is 9.49. The van der Waals surface area contributed by atoms with Gasteiger partial charge in [-0.2, -0.15) is 4.98 Å². The van der Waals surface area contributed by atoms with Crippen LogP contribution in [0.1, 0.15) is 60.6 Å². The molecule has 3 N–H and O–H groups in total. The van der Waals surface area contributed by atoms with Crippen LogP contribution >= 0.6 is 0 Å². The summed E-state index contributed by atoms with van der Waals surface area (Å²) in [7, 11) is 1.71. The molecule has 2 aliphatic rings. The normalized spacial score (nSPS) is 15.8. The Bertz CT molecular complexity index is 1350. The van der Waals surface area contributed by atoms with Gasteiger partial charge in [-0.05, 0) is 43.5 Å². The van der Waals surface area contributed by atoms with Gasteiger partial charge in [0, 0.05) is 37.5 Å². The number of amides is 2. The summed E-state index contributed by atoms with van der Waals surface area (Å²) in [5.41, 5.74) is 2.64. The van der Waals surface area contributed by atoms with E-state index in [9.17, 15) is 14.8 Å². The Morgan fingerprint density at radius 1 is 1.11 bits per heavy atom. The average Bonchev–Trinajstić information content (AvgIpc) is 3.14. The molecule has 36 heavy (non-hydrogen) atoms. The summed E-state index contributed by atoms with van der Waals surface area (Å²) in [5, 5.41) is 23.0. The number of pyridine rings is 1. The first-order valence-electron chi connectivity index (χ1n) is 12.1. The number of nitrogens with one attached hydrogen (secondary N) is 3. The molecule has 2 aromatic heterocycles. The number of rotatable bonds is 5. The molecule has 1 aromatic carbocycles. The number of carbonyl (C=O) groups excluding carboxylic acids is 2. The number of benzene rings is 1. The molecule has 2 amide bonds. The predicted octanol–water partition coefficient (Wildman–Crippen LogP) is 3.79. The number of aromatic nitrogens is 3. The van der Waals surface area contributed by atoms with E-state index >= 15 is 0 Å². The molecule has 0 radical (unpaired) electrons. The summed E-state index contributed by atoms with van der Waals surface area (Å²) < 4.78 is 0.849. The maximum atomic E-state index is 13.5. The van der Waals surface area contributed by atoms with Gasteiger partial charge in [-0.3, -0.25) is 9.59 Å². The van der Waals surface area contributed by atoms with Gasteiger partial charge in [0.15, 0.2) is 0 Å². The van der Waals surface area contributed by atoms with Crippen LogP contribution < -0.4 is 25.6 Å². The quantitative estimate of drug-likeness (QED) is 0.369. The molecule has 0 saturated heterocycles. The third kappa shape index (κ3) is 4.19. The summed E-state index contributed by atoms with van der Waals surface area (Å²) in [6.45, 7) is 3.36. The number of anilines is 5. The van der Waals surface area contributed by atoms with Crippen LogP contribution in [0.5, 0.6) is 0 Å². The van der Waals surface area contributed by atoms with Gasteiger partial charge in [0.25, 0.3) is 11.7 Å². The minimum Gasteiger partial charge on any atom is -0.710 e. The number of hydrogen-bond donors (Lipinski definition) is 3. The molecule has 1 aliphatic carbocycles. The van der Waals surface area contributed by atoms with Gasteiger partial charge in [0.1, 0.15) is 23.4 Å². The van der Waals surface area contributed by atoms with Crippen molar-refractivity contribution in [3.8, 4) is 0 Å². The molecule has 10 nitrogen and oxygen atoms in total. The zero-order chi connectivity index (χ0) is 25.4. The molecule has 186 valence electrons. The first kappa shape index (κ1) is 23.5. The standard InChI is InChI=1S/C26H29N7O3/c1-16-12-22(33(36)24-23(16)25(35)31-26(24)10-5-4-6-11-26)30-21-14-20(27-15-28-21)29-18-8-7-9-19(13-18)32(3)17(2)34/h7-9,12-15H,4-6,10-11H2,1-3H3,(H,31,35)(H2,27,28,29,30). The number of carbonyl (C=O) groups is 2. The highest BCUT2D eigenvalue weighted by Gasteiger charge is 2.48. The highest BCUT2D eigenvalue weighted by atomic mass is 16.5. The molecule has 0 bridgehead atoms. The average molecular weight is 488 g/mol. The van der Waals surface area contributed by atoms with Gasteiger partial charge in [0.05, 0.1) is 5.56 Å². The molecule has 1 fully saturated rings. The molecule has 10 heteroatoms. The van der Waals surface area contributed by atoms with Crippen molar-refractivity contribution in [1.82, 2.24) is 15.3 Å². The van der Waals surface area contributed by atoms with Crippen molar-refractivity contribution in [2.75, 3.05) is 22.6 Å². The second kappa shape index (κ2) is 9.10. The van der Waals surface area contributed by atoms with Gasteiger partial charge in [-0.15, -0.1) is 0 Å². The summed E-state index contributed by atoms with van der Waals surface area (Å²) >= 11 is 0. The zero-order valence-corrected chi connectivity index (χ0v) is 20.6. The van der Waals surface area contributed by atoms with Crippen LogP contribution in [0.2, 0.25) is 0 Å². The summed E-state index contributed by atoms with van der Waals surface area (Å²) in [6, 6.07) is 10.8. The summed E-state index contributed by atoms with van der Waals surface area (Å²) in [5.74, 6) is 1.02. The smallest absolute Gasteiger partial charge is 0.284 e. The van der Waals surface area contributed by atoms with Crippen molar-refractivity contribution in [2.45, 2.75) is 51.5 Å². The molecular weight excluding hydrogens is 458 g/mol. The monoisotopic (exact) mass is 487 g/mol. The lowest BCUT2D eigenvalue weighted by molar-refractivity contribution is -0.603. The van der Waals surface area contributed by atoms with Crippen LogP contribution in [0.15, 0.2) is 42.7 Å². The van der Waals surface area contributed by atoms with Crippen LogP contribution in [0.3, 0.4) is 0 Å². The maximum Gasteiger partial charge on any atom is 0.284 e. The van der Waals surface area contributed by atoms with Gasteiger partial charge in [-0.1, -0.05) is 25.3 Å². The predicted molar refractivity (Wildman–Crippen MR) is 136 cm³/mol. The molecule has 0 unspecified atom stereocenters. The fourth-order valence-corrected chi connectivity index (χ4v) is 5.16. The SMILES string of the molecule is CC(=O)N(C)c1cccc(Nc2cc(Nc3cc(C)c4c([n+]3[O-])C3(CCCCC3)NC4=O)ncn2)c1. The lowest BCUT2D eigenvalue weighted by atomic mass is 9.79. The first-order chi connectivity index (χ1) is 17.3. The topological polar surface area (TPSA) is 126 Å². The second-order valence-corrected chi connectivity index (χ2v) is 9.49. The molecule has 3 aromatic rings. The van der Waals surface area contributed by atoms with Gasteiger partial charge in [-0.25, -0.2) is 15.0 Å². The molecule has 0 atom stereocenters. The molecule has 1 aliphatic heterocycles. The van der Waals surface area contributed by atoms with Crippen molar-refractivity contribution in [1.29, 1.82) is 0 Å². The first-order valence-corrected chi connectivity index (χ1v) is 12.1. The van der Waals surface area contributed by atoms with Crippen LogP contribution in [0.25, 0.3) is 0 Å². The van der Waals surface area contributed by atoms with E-state index in [1.165, 1.54) is 13.3 Å². The molecule has 1 saturated carbocycles. The van der Waals surface area contributed by atoms with Crippen LogP contribution in [0, 0.1) is 12.1 Å². The van der Waals surface area contributed by atoms with Crippen molar-refractivity contribution in [3.63, 3.8) is 0 Å². The van der Waals surface area contributed by atoms with Crippen LogP contribution in [-0.2, 0) is 10.3 Å². The van der Waals surface area contributed by atoms with E-state index in [0.29, 0.717) is 28.7 Å². The minimum absolute atomic E-state index is 0.0665. The number of hydrogen-bond acceptors (Lipinski definition) is 7. The summed E-state index contributed by atoms with van der Waals surface area (Å²) in [4.78, 5) is 34.6. The third-order valence-electron chi connectivity index (χ3n) is 7.05. The van der Waals surface area contributed by atoms with Gasteiger partial charge >= 0.3 is 0 Å². The number of aryl methyl sites for hydroxylation is 1. The van der Waals surface area contributed by atoms with Crippen molar-refractivity contribution in [2.24, 2.45) is 0 Å². The fraction of sp³-hybridized carbons (Fsp3) is 0.346. The Kier molecular flexibility index (Phi) is 5.95. The summed E-state index contributed by atoms with van der Waals surface area (Å²) in [6.07, 6.45) is 5.97. The largest absolute Gasteiger partial charge is 0.710 e. The number of nitrogens with zero attached hydrogens (tertiary/aromatic N) is 4. The van der Waals surface area contributed by atoms with Crippen LogP contribution in [-0.4, -0.2) is 28.8 Å². The maximum absolute atomic E-state index is 13.5. The van der Waals surface area contributed by atoms with Crippen LogP contribution in [0.4, 0.5) is 28.8 Å². The lowest BCUT2D eigenvalue weighted by Gasteiger charge is -2.34. The Labute approximate surface area is 209 Å². The Morgan fingerprint density at radius 3 is 2.56 bits per heavy atom.